The Labute approximate surface area is 117 Å². The van der Waals surface area contributed by atoms with Crippen LogP contribution in [0, 0.1) is 28.5 Å². The number of nitrogen functional groups attached to an aromatic ring is 1. The number of nitrogens with one attached hydrogen (secondary N) is 1. The molecule has 0 spiro atoms. The highest BCUT2D eigenvalue weighted by atomic mass is 35.5. The van der Waals surface area contributed by atoms with Gasteiger partial charge in [0.2, 0.25) is 0 Å². The van der Waals surface area contributed by atoms with Crippen LogP contribution in [0.5, 0.6) is 0 Å². The number of aromatic nitrogens is 1. The van der Waals surface area contributed by atoms with Crippen molar-refractivity contribution < 1.29 is 4.39 Å². The van der Waals surface area contributed by atoms with Crippen LogP contribution >= 0.6 is 11.6 Å². The minimum Gasteiger partial charge on any atom is -0.384 e. The van der Waals surface area contributed by atoms with Gasteiger partial charge in [-0.3, -0.25) is 4.79 Å². The molecule has 1 aromatic carbocycles. The van der Waals surface area contributed by atoms with Crippen molar-refractivity contribution in [1.29, 1.82) is 10.5 Å². The molecule has 0 aliphatic rings. The highest BCUT2D eigenvalue weighted by Gasteiger charge is 2.21. The Kier molecular flexibility index (Phi) is 3.43. The zero-order valence-corrected chi connectivity index (χ0v) is 10.6. The van der Waals surface area contributed by atoms with E-state index in [4.69, 9.17) is 27.9 Å². The van der Waals surface area contributed by atoms with Crippen LogP contribution < -0.4 is 11.3 Å². The van der Waals surface area contributed by atoms with Gasteiger partial charge in [-0.05, 0) is 6.07 Å². The summed E-state index contributed by atoms with van der Waals surface area (Å²) in [6, 6.07) is 7.35. The van der Waals surface area contributed by atoms with Gasteiger partial charge in [0, 0.05) is 11.1 Å². The van der Waals surface area contributed by atoms with E-state index in [1.807, 2.05) is 0 Å². The topological polar surface area (TPSA) is 106 Å². The molecule has 5 nitrogen and oxygen atoms in total. The third-order valence-electron chi connectivity index (χ3n) is 2.69. The Morgan fingerprint density at radius 3 is 2.50 bits per heavy atom. The van der Waals surface area contributed by atoms with Crippen molar-refractivity contribution in [1.82, 2.24) is 4.98 Å². The SMILES string of the molecule is N#Cc1c(N)[nH]c(=O)c(C#N)c1-c1cccc(F)c1Cl. The molecule has 2 rings (SSSR count). The first-order valence-electron chi connectivity index (χ1n) is 5.31. The van der Waals surface area contributed by atoms with E-state index < -0.39 is 11.4 Å². The molecule has 7 heteroatoms. The van der Waals surface area contributed by atoms with Gasteiger partial charge in [0.25, 0.3) is 5.56 Å². The summed E-state index contributed by atoms with van der Waals surface area (Å²) in [6.07, 6.45) is 0. The summed E-state index contributed by atoms with van der Waals surface area (Å²) in [7, 11) is 0. The second kappa shape index (κ2) is 5.04. The lowest BCUT2D eigenvalue weighted by molar-refractivity contribution is 0.629. The highest BCUT2D eigenvalue weighted by molar-refractivity contribution is 6.33. The molecule has 0 saturated carbocycles. The predicted molar refractivity (Wildman–Crippen MR) is 71.3 cm³/mol. The zero-order valence-electron chi connectivity index (χ0n) is 9.87. The summed E-state index contributed by atoms with van der Waals surface area (Å²) < 4.78 is 13.5. The number of nitrogens with zero attached hydrogens (tertiary/aromatic N) is 2. The largest absolute Gasteiger partial charge is 0.384 e. The summed E-state index contributed by atoms with van der Waals surface area (Å²) in [5.41, 5.74) is 4.32. The van der Waals surface area contributed by atoms with E-state index >= 15 is 0 Å². The van der Waals surface area contributed by atoms with Crippen molar-refractivity contribution in [2.75, 3.05) is 5.73 Å². The zero-order chi connectivity index (χ0) is 14.9. The van der Waals surface area contributed by atoms with Crippen LogP contribution in [0.1, 0.15) is 11.1 Å². The quantitative estimate of drug-likeness (QED) is 0.838. The fraction of sp³-hybridized carbons (Fsp3) is 0. The fourth-order valence-electron chi connectivity index (χ4n) is 1.81. The molecule has 0 saturated heterocycles. The number of anilines is 1. The predicted octanol–water partition coefficient (Wildman–Crippen LogP) is 2.16. The van der Waals surface area contributed by atoms with Crippen molar-refractivity contribution in [3.63, 3.8) is 0 Å². The average molecular weight is 289 g/mol. The number of rotatable bonds is 1. The number of aromatic amines is 1. The Morgan fingerprint density at radius 2 is 1.90 bits per heavy atom. The molecule has 0 aliphatic carbocycles. The average Bonchev–Trinajstić information content (AvgIpc) is 2.41. The van der Waals surface area contributed by atoms with E-state index in [0.29, 0.717) is 0 Å². The van der Waals surface area contributed by atoms with Crippen LogP contribution in [0.25, 0.3) is 11.1 Å². The molecule has 2 aromatic rings. The van der Waals surface area contributed by atoms with Gasteiger partial charge in [-0.1, -0.05) is 23.7 Å². The Bertz CT molecular complexity index is 845. The number of hydrogen-bond donors (Lipinski definition) is 2. The van der Waals surface area contributed by atoms with Crippen LogP contribution in [0.2, 0.25) is 5.02 Å². The molecule has 0 aliphatic heterocycles. The van der Waals surface area contributed by atoms with Gasteiger partial charge in [0.1, 0.15) is 34.9 Å². The maximum Gasteiger partial charge on any atom is 0.268 e. The van der Waals surface area contributed by atoms with Crippen molar-refractivity contribution >= 4 is 17.4 Å². The summed E-state index contributed by atoms with van der Waals surface area (Å²) in [5.74, 6) is -0.928. The molecule has 3 N–H and O–H groups in total. The molecular formula is C13H6ClFN4O. The monoisotopic (exact) mass is 288 g/mol. The lowest BCUT2D eigenvalue weighted by Crippen LogP contribution is -2.16. The molecule has 1 heterocycles. The maximum absolute atomic E-state index is 13.5. The standard InChI is InChI=1S/C13H6ClFN4O/c14-11-6(2-1-3-9(11)15)10-7(4-16)12(18)19-13(20)8(10)5-17/h1-3H,(H3,18,19,20). The highest BCUT2D eigenvalue weighted by Crippen LogP contribution is 2.34. The normalized spacial score (nSPS) is 9.80. The van der Waals surface area contributed by atoms with E-state index in [1.165, 1.54) is 12.1 Å². The van der Waals surface area contributed by atoms with Crippen molar-refractivity contribution in [3.05, 3.63) is 50.5 Å². The number of nitrogens with two attached hydrogens (primary N) is 1. The van der Waals surface area contributed by atoms with Gasteiger partial charge in [-0.25, -0.2) is 4.39 Å². The van der Waals surface area contributed by atoms with E-state index in [2.05, 4.69) is 4.98 Å². The summed E-state index contributed by atoms with van der Waals surface area (Å²) in [4.78, 5) is 13.9. The van der Waals surface area contributed by atoms with Gasteiger partial charge in [-0.2, -0.15) is 10.5 Å². The van der Waals surface area contributed by atoms with Crippen molar-refractivity contribution in [3.8, 4) is 23.3 Å². The number of benzene rings is 1. The molecule has 0 amide bonds. The van der Waals surface area contributed by atoms with Crippen LogP contribution in [0.4, 0.5) is 10.2 Å². The first-order chi connectivity index (χ1) is 9.51. The van der Waals surface area contributed by atoms with Crippen molar-refractivity contribution in [2.45, 2.75) is 0 Å². The minimum atomic E-state index is -0.765. The van der Waals surface area contributed by atoms with Crippen LogP contribution in [-0.2, 0) is 0 Å². The molecule has 0 fully saturated rings. The summed E-state index contributed by atoms with van der Waals surface area (Å²) >= 11 is 5.84. The molecule has 0 radical (unpaired) electrons. The van der Waals surface area contributed by atoms with Crippen LogP contribution in [0.3, 0.4) is 0 Å². The van der Waals surface area contributed by atoms with Gasteiger partial charge in [-0.15, -0.1) is 0 Å². The van der Waals surface area contributed by atoms with Gasteiger partial charge in [0.05, 0.1) is 5.02 Å². The summed E-state index contributed by atoms with van der Waals surface area (Å²) in [5, 5.41) is 17.9. The van der Waals surface area contributed by atoms with E-state index in [0.717, 1.165) is 6.07 Å². The maximum atomic E-state index is 13.5. The lowest BCUT2D eigenvalue weighted by Gasteiger charge is -2.10. The van der Waals surface area contributed by atoms with E-state index in [1.54, 1.807) is 12.1 Å². The van der Waals surface area contributed by atoms with Gasteiger partial charge >= 0.3 is 0 Å². The van der Waals surface area contributed by atoms with E-state index in [9.17, 15) is 9.18 Å². The van der Waals surface area contributed by atoms with Crippen LogP contribution in [0.15, 0.2) is 23.0 Å². The molecule has 0 bridgehead atoms. The van der Waals surface area contributed by atoms with Crippen molar-refractivity contribution in [2.24, 2.45) is 0 Å². The van der Waals surface area contributed by atoms with Crippen LogP contribution in [-0.4, -0.2) is 4.98 Å². The Balaban J connectivity index is 3.01. The molecule has 20 heavy (non-hydrogen) atoms. The second-order valence-electron chi connectivity index (χ2n) is 3.82. The fourth-order valence-corrected chi connectivity index (χ4v) is 2.03. The van der Waals surface area contributed by atoms with Gasteiger partial charge < -0.3 is 10.7 Å². The molecule has 0 unspecified atom stereocenters. The van der Waals surface area contributed by atoms with Gasteiger partial charge in [0.15, 0.2) is 0 Å². The molecule has 1 aromatic heterocycles. The smallest absolute Gasteiger partial charge is 0.268 e. The first-order valence-corrected chi connectivity index (χ1v) is 5.69. The molecule has 98 valence electrons. The third-order valence-corrected chi connectivity index (χ3v) is 3.07. The molecule has 0 atom stereocenters. The van der Waals surface area contributed by atoms with E-state index in [-0.39, 0.29) is 33.1 Å². The lowest BCUT2D eigenvalue weighted by atomic mass is 9.96. The number of pyridine rings is 1. The number of nitriles is 2. The Hall–Kier alpha value is -2.83. The minimum absolute atomic E-state index is 0.0672. The molecular weight excluding hydrogens is 283 g/mol. The number of halogens is 2. The number of hydrogen-bond acceptors (Lipinski definition) is 4. The second-order valence-corrected chi connectivity index (χ2v) is 4.20. The first kappa shape index (κ1) is 13.6. The summed E-state index contributed by atoms with van der Waals surface area (Å²) in [6.45, 7) is 0. The Morgan fingerprint density at radius 1 is 1.25 bits per heavy atom. The number of H-pyrrole nitrogens is 1. The third kappa shape index (κ3) is 1.99.